The van der Waals surface area contributed by atoms with Crippen LogP contribution in [0.3, 0.4) is 0 Å². The zero-order valence-corrected chi connectivity index (χ0v) is 16.7. The largest absolute Gasteiger partial charge is 0.493 e. The highest BCUT2D eigenvalue weighted by atomic mass is 16.5. The zero-order valence-electron chi connectivity index (χ0n) is 16.7. The highest BCUT2D eigenvalue weighted by molar-refractivity contribution is 5.51. The minimum atomic E-state index is 0.175. The highest BCUT2D eigenvalue weighted by Gasteiger charge is 2.31. The summed E-state index contributed by atoms with van der Waals surface area (Å²) in [4.78, 5) is 0. The summed E-state index contributed by atoms with van der Waals surface area (Å²) in [6.45, 7) is 3.08. The number of nitrogens with one attached hydrogen (secondary N) is 1. The van der Waals surface area contributed by atoms with Gasteiger partial charge in [0.05, 0.1) is 14.2 Å². The Morgan fingerprint density at radius 3 is 2.18 bits per heavy atom. The molecule has 144 valence electrons. The summed E-state index contributed by atoms with van der Waals surface area (Å²) < 4.78 is 11.1. The van der Waals surface area contributed by atoms with Gasteiger partial charge in [-0.15, -0.1) is 0 Å². The highest BCUT2D eigenvalue weighted by Crippen LogP contribution is 2.43. The molecule has 1 aliphatic heterocycles. The summed E-state index contributed by atoms with van der Waals surface area (Å²) in [7, 11) is 3.39. The van der Waals surface area contributed by atoms with Crippen molar-refractivity contribution in [3.63, 3.8) is 0 Å². The van der Waals surface area contributed by atoms with Gasteiger partial charge in [-0.05, 0) is 54.3 Å². The first-order valence-corrected chi connectivity index (χ1v) is 9.81. The van der Waals surface area contributed by atoms with Crippen LogP contribution in [0.5, 0.6) is 11.5 Å². The van der Waals surface area contributed by atoms with Crippen molar-refractivity contribution in [2.75, 3.05) is 20.8 Å². The first-order valence-electron chi connectivity index (χ1n) is 9.81. The Kier molecular flexibility index (Phi) is 5.36. The second-order valence-electron chi connectivity index (χ2n) is 7.39. The first-order chi connectivity index (χ1) is 13.7. The van der Waals surface area contributed by atoms with Gasteiger partial charge < -0.3 is 14.8 Å². The summed E-state index contributed by atoms with van der Waals surface area (Å²) >= 11 is 0. The van der Waals surface area contributed by atoms with E-state index in [1.54, 1.807) is 14.2 Å². The first kappa shape index (κ1) is 18.6. The van der Waals surface area contributed by atoms with E-state index in [0.29, 0.717) is 0 Å². The number of hydrogen-bond acceptors (Lipinski definition) is 3. The van der Waals surface area contributed by atoms with Gasteiger partial charge in [0.15, 0.2) is 11.5 Å². The van der Waals surface area contributed by atoms with Crippen molar-refractivity contribution in [1.29, 1.82) is 0 Å². The van der Waals surface area contributed by atoms with Crippen LogP contribution in [0.2, 0.25) is 0 Å². The van der Waals surface area contributed by atoms with E-state index < -0.39 is 0 Å². The SMILES string of the molecule is COc1cc2c(cc1OC)[C@H]([C@H](c1ccccc1)c1ccc(C)cc1)NCC2. The molecule has 0 amide bonds. The third-order valence-corrected chi connectivity index (χ3v) is 5.67. The number of fused-ring (bicyclic) bond motifs is 1. The standard InChI is InChI=1S/C25H27NO2/c1-17-9-11-19(12-10-17)24(18-7-5-4-6-8-18)25-21-16-23(28-3)22(27-2)15-20(21)13-14-26-25/h4-12,15-16,24-26H,13-14H2,1-3H3/t24-,25-/m1/s1. The Morgan fingerprint density at radius 1 is 0.857 bits per heavy atom. The maximum absolute atomic E-state index is 5.60. The number of benzene rings is 3. The van der Waals surface area contributed by atoms with Crippen molar-refractivity contribution in [3.05, 3.63) is 94.5 Å². The van der Waals surface area contributed by atoms with E-state index in [4.69, 9.17) is 9.47 Å². The lowest BCUT2D eigenvalue weighted by Gasteiger charge is -2.35. The molecule has 0 saturated heterocycles. The molecule has 28 heavy (non-hydrogen) atoms. The topological polar surface area (TPSA) is 30.5 Å². The molecule has 3 aromatic carbocycles. The number of ether oxygens (including phenoxy) is 2. The van der Waals surface area contributed by atoms with E-state index >= 15 is 0 Å². The van der Waals surface area contributed by atoms with Crippen molar-refractivity contribution in [3.8, 4) is 11.5 Å². The number of methoxy groups -OCH3 is 2. The van der Waals surface area contributed by atoms with Gasteiger partial charge in [-0.25, -0.2) is 0 Å². The molecule has 0 fully saturated rings. The normalized spacial score (nSPS) is 16.9. The van der Waals surface area contributed by atoms with Crippen LogP contribution in [0.25, 0.3) is 0 Å². The third-order valence-electron chi connectivity index (χ3n) is 5.67. The quantitative estimate of drug-likeness (QED) is 0.680. The van der Waals surface area contributed by atoms with Gasteiger partial charge in [0.25, 0.3) is 0 Å². The van der Waals surface area contributed by atoms with E-state index in [-0.39, 0.29) is 12.0 Å². The maximum atomic E-state index is 5.60. The van der Waals surface area contributed by atoms with Crippen molar-refractivity contribution in [1.82, 2.24) is 5.32 Å². The van der Waals surface area contributed by atoms with E-state index in [9.17, 15) is 0 Å². The van der Waals surface area contributed by atoms with E-state index in [1.165, 1.54) is 27.8 Å². The van der Waals surface area contributed by atoms with Gasteiger partial charge in [-0.3, -0.25) is 0 Å². The number of hydrogen-bond donors (Lipinski definition) is 1. The van der Waals surface area contributed by atoms with Crippen LogP contribution in [-0.4, -0.2) is 20.8 Å². The molecule has 0 aromatic heterocycles. The van der Waals surface area contributed by atoms with Crippen LogP contribution < -0.4 is 14.8 Å². The molecule has 0 unspecified atom stereocenters. The van der Waals surface area contributed by atoms with Crippen molar-refractivity contribution in [2.45, 2.75) is 25.3 Å². The summed E-state index contributed by atoms with van der Waals surface area (Å²) in [6.07, 6.45) is 0.988. The van der Waals surface area contributed by atoms with Crippen LogP contribution in [0.15, 0.2) is 66.7 Å². The Labute approximate surface area is 167 Å². The average molecular weight is 373 g/mol. The molecule has 0 saturated carbocycles. The average Bonchev–Trinajstić information content (AvgIpc) is 2.75. The minimum Gasteiger partial charge on any atom is -0.493 e. The maximum Gasteiger partial charge on any atom is 0.161 e. The Morgan fingerprint density at radius 2 is 1.50 bits per heavy atom. The Hall–Kier alpha value is -2.78. The van der Waals surface area contributed by atoms with Crippen LogP contribution in [0, 0.1) is 6.92 Å². The van der Waals surface area contributed by atoms with Gasteiger partial charge in [0, 0.05) is 12.0 Å². The van der Waals surface area contributed by atoms with Gasteiger partial charge in [-0.2, -0.15) is 0 Å². The van der Waals surface area contributed by atoms with Crippen LogP contribution in [-0.2, 0) is 6.42 Å². The molecular formula is C25H27NO2. The van der Waals surface area contributed by atoms with Gasteiger partial charge >= 0.3 is 0 Å². The molecule has 0 bridgehead atoms. The Bertz CT molecular complexity index is 935. The predicted octanol–water partition coefficient (Wildman–Crippen LogP) is 5.03. The van der Waals surface area contributed by atoms with Crippen LogP contribution >= 0.6 is 0 Å². The molecule has 3 heteroatoms. The molecule has 2 atom stereocenters. The molecule has 1 N–H and O–H groups in total. The predicted molar refractivity (Wildman–Crippen MR) is 113 cm³/mol. The van der Waals surface area contributed by atoms with Gasteiger partial charge in [-0.1, -0.05) is 60.2 Å². The van der Waals surface area contributed by atoms with E-state index in [2.05, 4.69) is 79.0 Å². The molecule has 0 radical (unpaired) electrons. The van der Waals surface area contributed by atoms with E-state index in [1.807, 2.05) is 0 Å². The fraction of sp³-hybridized carbons (Fsp3) is 0.280. The molecular weight excluding hydrogens is 346 g/mol. The molecule has 4 rings (SSSR count). The van der Waals surface area contributed by atoms with Gasteiger partial charge in [0.2, 0.25) is 0 Å². The zero-order chi connectivity index (χ0) is 19.5. The third kappa shape index (κ3) is 3.50. The lowest BCUT2D eigenvalue weighted by atomic mass is 9.78. The summed E-state index contributed by atoms with van der Waals surface area (Å²) in [5.74, 6) is 1.80. The Balaban J connectivity index is 1.85. The molecule has 1 heterocycles. The molecule has 3 nitrogen and oxygen atoms in total. The minimum absolute atomic E-state index is 0.175. The van der Waals surface area contributed by atoms with Crippen LogP contribution in [0.4, 0.5) is 0 Å². The molecule has 0 spiro atoms. The fourth-order valence-corrected chi connectivity index (χ4v) is 4.22. The van der Waals surface area contributed by atoms with Crippen LogP contribution in [0.1, 0.15) is 39.8 Å². The number of rotatable bonds is 5. The lowest BCUT2D eigenvalue weighted by molar-refractivity contribution is 0.351. The van der Waals surface area contributed by atoms with Crippen molar-refractivity contribution >= 4 is 0 Å². The van der Waals surface area contributed by atoms with Crippen molar-refractivity contribution in [2.24, 2.45) is 0 Å². The smallest absolute Gasteiger partial charge is 0.161 e. The second-order valence-corrected chi connectivity index (χ2v) is 7.39. The van der Waals surface area contributed by atoms with Crippen molar-refractivity contribution < 1.29 is 9.47 Å². The summed E-state index contributed by atoms with van der Waals surface area (Å²) in [5.41, 5.74) is 6.52. The molecule has 0 aliphatic carbocycles. The molecule has 1 aliphatic rings. The van der Waals surface area contributed by atoms with Gasteiger partial charge in [0.1, 0.15) is 0 Å². The molecule has 3 aromatic rings. The fourth-order valence-electron chi connectivity index (χ4n) is 4.22. The second kappa shape index (κ2) is 8.07. The summed E-state index contributed by atoms with van der Waals surface area (Å²) in [5, 5.41) is 3.78. The summed E-state index contributed by atoms with van der Waals surface area (Å²) in [6, 6.07) is 24.1. The number of aryl methyl sites for hydroxylation is 1. The van der Waals surface area contributed by atoms with E-state index in [0.717, 1.165) is 24.5 Å². The lowest BCUT2D eigenvalue weighted by Crippen LogP contribution is -2.34. The monoisotopic (exact) mass is 373 g/mol.